The number of carbonyl (C=O) groups is 1. The minimum Gasteiger partial charge on any atom is -0.350 e. The zero-order valence-corrected chi connectivity index (χ0v) is 21.4. The summed E-state index contributed by atoms with van der Waals surface area (Å²) in [4.78, 5) is 31.8. The van der Waals surface area contributed by atoms with Crippen LogP contribution in [0.25, 0.3) is 10.9 Å². The molecule has 0 aliphatic carbocycles. The second kappa shape index (κ2) is 11.2. The Morgan fingerprint density at radius 3 is 2.68 bits per heavy atom. The van der Waals surface area contributed by atoms with Crippen molar-refractivity contribution >= 4 is 22.8 Å². The van der Waals surface area contributed by atoms with E-state index in [2.05, 4.69) is 54.1 Å². The summed E-state index contributed by atoms with van der Waals surface area (Å²) in [6, 6.07) is 8.78. The highest BCUT2D eigenvalue weighted by Gasteiger charge is 2.26. The smallest absolute Gasteiger partial charge is 0.278 e. The van der Waals surface area contributed by atoms with Gasteiger partial charge in [-0.2, -0.15) is 0 Å². The van der Waals surface area contributed by atoms with Crippen LogP contribution in [-0.4, -0.2) is 64.4 Å². The molecule has 1 atom stereocenters. The van der Waals surface area contributed by atoms with Crippen molar-refractivity contribution in [2.75, 3.05) is 37.7 Å². The lowest BCUT2D eigenvalue weighted by Crippen LogP contribution is -2.35. The first-order valence-corrected chi connectivity index (χ1v) is 13.7. The Morgan fingerprint density at radius 2 is 1.86 bits per heavy atom. The van der Waals surface area contributed by atoms with E-state index >= 15 is 0 Å². The van der Waals surface area contributed by atoms with Crippen molar-refractivity contribution in [2.24, 2.45) is 0 Å². The average molecular weight is 505 g/mol. The van der Waals surface area contributed by atoms with Crippen molar-refractivity contribution in [2.45, 2.75) is 64.3 Å². The van der Waals surface area contributed by atoms with Gasteiger partial charge in [0.1, 0.15) is 0 Å². The Morgan fingerprint density at radius 1 is 1.03 bits per heavy atom. The number of anilines is 1. The number of nitrogens with zero attached hydrogens (tertiary/aromatic N) is 5. The van der Waals surface area contributed by atoms with Crippen LogP contribution >= 0.6 is 0 Å². The van der Waals surface area contributed by atoms with Gasteiger partial charge in [0.05, 0.1) is 12.1 Å². The highest BCUT2D eigenvalue weighted by molar-refractivity contribution is 5.92. The van der Waals surface area contributed by atoms with Gasteiger partial charge in [0.15, 0.2) is 6.29 Å². The molecule has 2 aromatic heterocycles. The van der Waals surface area contributed by atoms with Crippen LogP contribution in [0.1, 0.15) is 60.1 Å². The van der Waals surface area contributed by atoms with Gasteiger partial charge >= 0.3 is 0 Å². The molecule has 1 aromatic carbocycles. The SMILES string of the molecule is O=C(NOC1CCCCO1)c1cnc(N2CCc3c(n(CCN4CCCCC4)c4ccccc34)C2)nc1. The number of hydroxylamine groups is 1. The van der Waals surface area contributed by atoms with Crippen LogP contribution in [0.3, 0.4) is 0 Å². The lowest BCUT2D eigenvalue weighted by Gasteiger charge is -2.30. The maximum atomic E-state index is 12.5. The number of likely N-dealkylation sites (tertiary alicyclic amines) is 1. The lowest BCUT2D eigenvalue weighted by molar-refractivity contribution is -0.186. The number of rotatable bonds is 7. The summed E-state index contributed by atoms with van der Waals surface area (Å²) in [5, 5.41) is 1.37. The van der Waals surface area contributed by atoms with Crippen molar-refractivity contribution in [3.63, 3.8) is 0 Å². The van der Waals surface area contributed by atoms with E-state index in [0.29, 0.717) is 18.1 Å². The maximum Gasteiger partial charge on any atom is 0.278 e. The molecule has 2 fully saturated rings. The van der Waals surface area contributed by atoms with E-state index in [4.69, 9.17) is 9.57 Å². The summed E-state index contributed by atoms with van der Waals surface area (Å²) in [6.45, 7) is 6.76. The van der Waals surface area contributed by atoms with Crippen LogP contribution < -0.4 is 10.4 Å². The lowest BCUT2D eigenvalue weighted by atomic mass is 10.0. The minimum absolute atomic E-state index is 0.362. The third-order valence-electron chi connectivity index (χ3n) is 7.86. The Kier molecular flexibility index (Phi) is 7.34. The summed E-state index contributed by atoms with van der Waals surface area (Å²) in [7, 11) is 0. The highest BCUT2D eigenvalue weighted by Crippen LogP contribution is 2.32. The summed E-state index contributed by atoms with van der Waals surface area (Å²) in [5.41, 5.74) is 6.97. The number of nitrogens with one attached hydrogen (secondary N) is 1. The summed E-state index contributed by atoms with van der Waals surface area (Å²) < 4.78 is 8.01. The molecule has 1 N–H and O–H groups in total. The molecular formula is C28H36N6O3. The van der Waals surface area contributed by atoms with E-state index in [1.165, 1.54) is 54.5 Å². The van der Waals surface area contributed by atoms with Crippen molar-refractivity contribution in [1.82, 2.24) is 24.9 Å². The first-order chi connectivity index (χ1) is 18.3. The summed E-state index contributed by atoms with van der Waals surface area (Å²) in [5.74, 6) is 0.283. The van der Waals surface area contributed by atoms with Crippen molar-refractivity contribution in [3.8, 4) is 0 Å². The zero-order chi connectivity index (χ0) is 25.0. The number of hydrogen-bond donors (Lipinski definition) is 1. The number of benzene rings is 1. The molecular weight excluding hydrogens is 468 g/mol. The quantitative estimate of drug-likeness (QED) is 0.492. The number of ether oxygens (including phenoxy) is 1. The van der Waals surface area contributed by atoms with Crippen molar-refractivity contribution in [1.29, 1.82) is 0 Å². The third kappa shape index (κ3) is 5.35. The van der Waals surface area contributed by atoms with E-state index in [-0.39, 0.29) is 12.2 Å². The third-order valence-corrected chi connectivity index (χ3v) is 7.86. The molecule has 0 bridgehead atoms. The molecule has 3 aliphatic rings. The molecule has 3 aliphatic heterocycles. The van der Waals surface area contributed by atoms with Crippen LogP contribution in [0.2, 0.25) is 0 Å². The first kappa shape index (κ1) is 24.3. The monoisotopic (exact) mass is 504 g/mol. The number of amides is 1. The second-order valence-electron chi connectivity index (χ2n) is 10.3. The standard InChI is InChI=1S/C28H36N6O3/c35-27(31-37-26-10-4-7-17-36-26)21-18-29-28(30-19-21)33-14-11-23-22-8-2-3-9-24(22)34(25(23)20-33)16-15-32-12-5-1-6-13-32/h2-3,8-9,18-19,26H,1,4-7,10-17,20H2,(H,31,35). The van der Waals surface area contributed by atoms with Crippen LogP contribution in [0, 0.1) is 0 Å². The van der Waals surface area contributed by atoms with Crippen molar-refractivity contribution < 1.29 is 14.4 Å². The van der Waals surface area contributed by atoms with Crippen LogP contribution in [0.15, 0.2) is 36.7 Å². The molecule has 6 rings (SSSR count). The van der Waals surface area contributed by atoms with E-state index in [1.807, 2.05) is 0 Å². The normalized spacial score (nSPS) is 20.6. The van der Waals surface area contributed by atoms with Crippen LogP contribution in [0.4, 0.5) is 5.95 Å². The Balaban J connectivity index is 1.15. The second-order valence-corrected chi connectivity index (χ2v) is 10.3. The van der Waals surface area contributed by atoms with Gasteiger partial charge in [0.2, 0.25) is 5.95 Å². The Hall–Kier alpha value is -3.01. The molecule has 1 unspecified atom stereocenters. The van der Waals surface area contributed by atoms with Crippen molar-refractivity contribution in [3.05, 3.63) is 53.5 Å². The number of aromatic nitrogens is 3. The molecule has 1 amide bonds. The number of carbonyl (C=O) groups excluding carboxylic acids is 1. The minimum atomic E-state index is -0.387. The predicted octanol–water partition coefficient (Wildman–Crippen LogP) is 3.67. The van der Waals surface area contributed by atoms with Crippen LogP contribution in [-0.2, 0) is 29.1 Å². The molecule has 196 valence electrons. The maximum absolute atomic E-state index is 12.5. The van der Waals surface area contributed by atoms with Gasteiger partial charge in [-0.25, -0.2) is 20.3 Å². The molecule has 0 spiro atoms. The summed E-state index contributed by atoms with van der Waals surface area (Å²) >= 11 is 0. The highest BCUT2D eigenvalue weighted by atomic mass is 16.8. The van der Waals surface area contributed by atoms with E-state index in [1.54, 1.807) is 12.4 Å². The van der Waals surface area contributed by atoms with Gasteiger partial charge in [-0.15, -0.1) is 0 Å². The zero-order valence-electron chi connectivity index (χ0n) is 21.4. The Bertz CT molecular complexity index is 1210. The van der Waals surface area contributed by atoms with Gasteiger partial charge in [0, 0.05) is 61.7 Å². The van der Waals surface area contributed by atoms with Gasteiger partial charge in [-0.1, -0.05) is 24.6 Å². The van der Waals surface area contributed by atoms with Gasteiger partial charge in [-0.3, -0.25) is 4.79 Å². The number of hydrogen-bond acceptors (Lipinski definition) is 7. The molecule has 0 radical (unpaired) electrons. The molecule has 2 saturated heterocycles. The summed E-state index contributed by atoms with van der Waals surface area (Å²) in [6.07, 6.45) is 10.5. The van der Waals surface area contributed by atoms with E-state index in [9.17, 15) is 4.79 Å². The van der Waals surface area contributed by atoms with E-state index < -0.39 is 0 Å². The fourth-order valence-corrected chi connectivity index (χ4v) is 5.83. The van der Waals surface area contributed by atoms with Gasteiger partial charge < -0.3 is 19.1 Å². The number of para-hydroxylation sites is 1. The number of fused-ring (bicyclic) bond motifs is 3. The van der Waals surface area contributed by atoms with Gasteiger partial charge in [-0.05, 0) is 56.8 Å². The van der Waals surface area contributed by atoms with E-state index in [0.717, 1.165) is 51.9 Å². The first-order valence-electron chi connectivity index (χ1n) is 13.7. The average Bonchev–Trinajstić information content (AvgIpc) is 3.29. The largest absolute Gasteiger partial charge is 0.350 e. The van der Waals surface area contributed by atoms with Gasteiger partial charge in [0.25, 0.3) is 5.91 Å². The molecule has 0 saturated carbocycles. The molecule has 9 heteroatoms. The fourth-order valence-electron chi connectivity index (χ4n) is 5.83. The molecule has 37 heavy (non-hydrogen) atoms. The molecule has 9 nitrogen and oxygen atoms in total. The predicted molar refractivity (Wildman–Crippen MR) is 141 cm³/mol. The fraction of sp³-hybridized carbons (Fsp3) is 0.536. The Labute approximate surface area is 217 Å². The topological polar surface area (TPSA) is 84.8 Å². The van der Waals surface area contributed by atoms with Crippen LogP contribution in [0.5, 0.6) is 0 Å². The molecule has 5 heterocycles. The number of piperidine rings is 1. The molecule has 3 aromatic rings.